The van der Waals surface area contributed by atoms with Gasteiger partial charge in [0.1, 0.15) is 5.82 Å². The van der Waals surface area contributed by atoms with E-state index in [9.17, 15) is 18.0 Å². The van der Waals surface area contributed by atoms with Crippen LogP contribution in [0.15, 0.2) is 103 Å². The first kappa shape index (κ1) is 25.0. The number of primary amides is 1. The van der Waals surface area contributed by atoms with E-state index in [1.165, 1.54) is 0 Å². The van der Waals surface area contributed by atoms with Gasteiger partial charge < -0.3 is 10.3 Å². The number of nitrogens with zero attached hydrogens (tertiary/aromatic N) is 2. The van der Waals surface area contributed by atoms with Crippen LogP contribution in [0.3, 0.4) is 0 Å². The molecule has 1 amide bonds. The number of imidazole rings is 1. The smallest absolute Gasteiger partial charge is 0.366 e. The fourth-order valence-electron chi connectivity index (χ4n) is 4.55. The molecule has 0 spiro atoms. The first-order valence-corrected chi connectivity index (χ1v) is 12.0. The molecule has 190 valence electrons. The Morgan fingerprint density at radius 3 is 2.00 bits per heavy atom. The minimum absolute atomic E-state index is 0.313. The number of aromatic nitrogens is 2. The molecular weight excluding hydrogens is 487 g/mol. The van der Waals surface area contributed by atoms with Crippen LogP contribution in [0.2, 0.25) is 0 Å². The van der Waals surface area contributed by atoms with E-state index in [-0.39, 0.29) is 0 Å². The topological polar surface area (TPSA) is 60.9 Å². The summed E-state index contributed by atoms with van der Waals surface area (Å²) in [5.74, 6) is -0.119. The van der Waals surface area contributed by atoms with Crippen molar-refractivity contribution in [2.45, 2.75) is 19.6 Å². The zero-order chi connectivity index (χ0) is 26.9. The van der Waals surface area contributed by atoms with Gasteiger partial charge in [-0.3, -0.25) is 4.79 Å². The van der Waals surface area contributed by atoms with E-state index < -0.39 is 17.6 Å². The number of carbonyl (C=O) groups is 1. The fourth-order valence-corrected chi connectivity index (χ4v) is 4.55. The van der Waals surface area contributed by atoms with Gasteiger partial charge in [0.05, 0.1) is 17.0 Å². The highest BCUT2D eigenvalue weighted by atomic mass is 19.4. The number of halogens is 3. The molecule has 4 nitrogen and oxygen atoms in total. The van der Waals surface area contributed by atoms with Crippen molar-refractivity contribution in [2.24, 2.45) is 5.73 Å². The quantitative estimate of drug-likeness (QED) is 0.259. The molecule has 0 saturated carbocycles. The number of carbonyl (C=O) groups excluding carboxylic acids is 1. The number of aryl methyl sites for hydroxylation is 1. The van der Waals surface area contributed by atoms with Crippen molar-refractivity contribution in [2.75, 3.05) is 0 Å². The molecule has 0 aliphatic carbocycles. The van der Waals surface area contributed by atoms with Gasteiger partial charge in [-0.1, -0.05) is 72.8 Å². The van der Waals surface area contributed by atoms with Gasteiger partial charge in [-0.2, -0.15) is 13.2 Å². The molecule has 0 bridgehead atoms. The Labute approximate surface area is 218 Å². The number of amides is 1. The van der Waals surface area contributed by atoms with E-state index in [1.54, 1.807) is 37.3 Å². The second kappa shape index (κ2) is 10.0. The second-order valence-electron chi connectivity index (χ2n) is 9.10. The van der Waals surface area contributed by atoms with E-state index in [1.807, 2.05) is 65.2 Å². The molecule has 0 radical (unpaired) electrons. The Morgan fingerprint density at radius 2 is 1.42 bits per heavy atom. The molecule has 4 aromatic carbocycles. The monoisotopic (exact) mass is 511 g/mol. The van der Waals surface area contributed by atoms with Crippen molar-refractivity contribution >= 4 is 5.91 Å². The normalized spacial score (nSPS) is 11.5. The van der Waals surface area contributed by atoms with Crippen LogP contribution >= 0.6 is 0 Å². The highest BCUT2D eigenvalue weighted by molar-refractivity contribution is 5.92. The highest BCUT2D eigenvalue weighted by Gasteiger charge is 2.32. The van der Waals surface area contributed by atoms with Crippen LogP contribution in [0, 0.1) is 6.92 Å². The van der Waals surface area contributed by atoms with Crippen LogP contribution in [0.5, 0.6) is 0 Å². The summed E-state index contributed by atoms with van der Waals surface area (Å²) in [7, 11) is 0. The van der Waals surface area contributed by atoms with Gasteiger partial charge in [-0.25, -0.2) is 4.98 Å². The summed E-state index contributed by atoms with van der Waals surface area (Å²) in [6.45, 7) is 1.96. The number of rotatable bonds is 6. The predicted molar refractivity (Wildman–Crippen MR) is 142 cm³/mol. The minimum atomic E-state index is -4.49. The largest absolute Gasteiger partial charge is 0.416 e. The van der Waals surface area contributed by atoms with Crippen LogP contribution < -0.4 is 5.73 Å². The van der Waals surface area contributed by atoms with Crippen LogP contribution in [0.4, 0.5) is 13.2 Å². The lowest BCUT2D eigenvalue weighted by Gasteiger charge is -2.15. The molecule has 2 N–H and O–H groups in total. The van der Waals surface area contributed by atoms with Crippen molar-refractivity contribution in [3.05, 3.63) is 125 Å². The lowest BCUT2D eigenvalue weighted by atomic mass is 10.0. The number of nitrogens with two attached hydrogens (primary N) is 1. The Hall–Kier alpha value is -4.65. The Morgan fingerprint density at radius 1 is 0.816 bits per heavy atom. The first-order chi connectivity index (χ1) is 18.2. The molecule has 0 fully saturated rings. The first-order valence-electron chi connectivity index (χ1n) is 12.0. The van der Waals surface area contributed by atoms with E-state index in [0.29, 0.717) is 34.8 Å². The lowest BCUT2D eigenvalue weighted by Crippen LogP contribution is -2.11. The molecule has 0 atom stereocenters. The second-order valence-corrected chi connectivity index (χ2v) is 9.10. The van der Waals surface area contributed by atoms with Gasteiger partial charge in [-0.05, 0) is 48.4 Å². The number of hydrogen-bond acceptors (Lipinski definition) is 2. The SMILES string of the molecule is Cc1cc(-c2nc(-c3ccccc3)c(-c3ccccc3)n2Cc2ccc(C(N)=O)cc2)cc(C(F)(F)F)c1. The summed E-state index contributed by atoms with van der Waals surface area (Å²) in [5.41, 5.74) is 9.91. The number of hydrogen-bond donors (Lipinski definition) is 1. The maximum Gasteiger partial charge on any atom is 0.416 e. The molecule has 38 heavy (non-hydrogen) atoms. The van der Waals surface area contributed by atoms with Crippen LogP contribution in [0.25, 0.3) is 33.9 Å². The van der Waals surface area contributed by atoms with E-state index in [0.717, 1.165) is 34.5 Å². The summed E-state index contributed by atoms with van der Waals surface area (Å²) < 4.78 is 43.2. The van der Waals surface area contributed by atoms with Gasteiger partial charge >= 0.3 is 6.18 Å². The van der Waals surface area contributed by atoms with Gasteiger partial charge in [0, 0.05) is 28.8 Å². The lowest BCUT2D eigenvalue weighted by molar-refractivity contribution is -0.137. The fraction of sp³-hybridized carbons (Fsp3) is 0.0968. The Bertz CT molecular complexity index is 1590. The molecular formula is C31H24F3N3O. The van der Waals surface area contributed by atoms with Crippen molar-refractivity contribution in [3.8, 4) is 33.9 Å². The highest BCUT2D eigenvalue weighted by Crippen LogP contribution is 2.39. The molecule has 5 rings (SSSR count). The molecule has 7 heteroatoms. The van der Waals surface area contributed by atoms with Crippen molar-refractivity contribution in [1.29, 1.82) is 0 Å². The van der Waals surface area contributed by atoms with Crippen LogP contribution in [0.1, 0.15) is 27.0 Å². The number of benzene rings is 4. The van der Waals surface area contributed by atoms with Crippen molar-refractivity contribution in [1.82, 2.24) is 9.55 Å². The Balaban J connectivity index is 1.79. The van der Waals surface area contributed by atoms with Crippen molar-refractivity contribution < 1.29 is 18.0 Å². The van der Waals surface area contributed by atoms with Crippen LogP contribution in [-0.2, 0) is 12.7 Å². The van der Waals surface area contributed by atoms with Gasteiger partial charge in [0.2, 0.25) is 5.91 Å². The summed E-state index contributed by atoms with van der Waals surface area (Å²) in [5, 5.41) is 0. The van der Waals surface area contributed by atoms with E-state index in [2.05, 4.69) is 0 Å². The zero-order valence-corrected chi connectivity index (χ0v) is 20.5. The molecule has 1 aromatic heterocycles. The molecule has 0 saturated heterocycles. The molecule has 0 aliphatic heterocycles. The average molecular weight is 512 g/mol. The molecule has 5 aromatic rings. The summed E-state index contributed by atoms with van der Waals surface area (Å²) >= 11 is 0. The number of alkyl halides is 3. The van der Waals surface area contributed by atoms with Gasteiger partial charge in [0.25, 0.3) is 0 Å². The maximum atomic E-state index is 13.8. The standard InChI is InChI=1S/C31H24F3N3O/c1-20-16-25(18-26(17-20)31(32,33)34)30-36-27(22-8-4-2-5-9-22)28(23-10-6-3-7-11-23)37(30)19-21-12-14-24(15-13-21)29(35)38/h2-18H,19H2,1H3,(H2,35,38). The van der Waals surface area contributed by atoms with Gasteiger partial charge in [-0.15, -0.1) is 0 Å². The third kappa shape index (κ3) is 5.09. The summed E-state index contributed by atoms with van der Waals surface area (Å²) in [4.78, 5) is 16.5. The summed E-state index contributed by atoms with van der Waals surface area (Å²) in [6.07, 6.45) is -4.49. The van der Waals surface area contributed by atoms with E-state index in [4.69, 9.17) is 10.7 Å². The van der Waals surface area contributed by atoms with Crippen molar-refractivity contribution in [3.63, 3.8) is 0 Å². The van der Waals surface area contributed by atoms with E-state index >= 15 is 0 Å². The Kier molecular flexibility index (Phi) is 6.59. The molecule has 0 aliphatic rings. The maximum absolute atomic E-state index is 13.8. The third-order valence-corrected chi connectivity index (χ3v) is 6.30. The average Bonchev–Trinajstić information content (AvgIpc) is 3.28. The van der Waals surface area contributed by atoms with Gasteiger partial charge in [0.15, 0.2) is 0 Å². The third-order valence-electron chi connectivity index (χ3n) is 6.30. The molecule has 0 unspecified atom stereocenters. The van der Waals surface area contributed by atoms with Crippen LogP contribution in [-0.4, -0.2) is 15.5 Å². The minimum Gasteiger partial charge on any atom is -0.366 e. The zero-order valence-electron chi connectivity index (χ0n) is 20.5. The summed E-state index contributed by atoms with van der Waals surface area (Å²) in [6, 6.07) is 30.1. The molecule has 1 heterocycles. The predicted octanol–water partition coefficient (Wildman–Crippen LogP) is 7.36.